The maximum atomic E-state index is 13.1. The van der Waals surface area contributed by atoms with Crippen LogP contribution in [0.15, 0.2) is 60.7 Å². The van der Waals surface area contributed by atoms with Crippen LogP contribution < -0.4 is 0 Å². The van der Waals surface area contributed by atoms with Crippen LogP contribution in [-0.4, -0.2) is 54.0 Å². The highest BCUT2D eigenvalue weighted by Gasteiger charge is 2.38. The second kappa shape index (κ2) is 13.3. The first-order valence-corrected chi connectivity index (χ1v) is 13.7. The Morgan fingerprint density at radius 3 is 2.03 bits per heavy atom. The van der Waals surface area contributed by atoms with Gasteiger partial charge in [-0.05, 0) is 64.0 Å². The van der Waals surface area contributed by atoms with Gasteiger partial charge < -0.3 is 23.8 Å². The molecule has 1 aliphatic heterocycles. The fourth-order valence-electron chi connectivity index (χ4n) is 5.06. The Bertz CT molecular complexity index is 1010. The fourth-order valence-corrected chi connectivity index (χ4v) is 5.06. The number of likely N-dealkylation sites (tertiary alicyclic amines) is 1. The number of esters is 1. The zero-order chi connectivity index (χ0) is 27.0. The molecular weight excluding hydrogens is 482 g/mol. The molecule has 2 aromatic carbocycles. The molecule has 38 heavy (non-hydrogen) atoms. The van der Waals surface area contributed by atoms with Gasteiger partial charge in [-0.3, -0.25) is 4.79 Å². The smallest absolute Gasteiger partial charge is 0.410 e. The van der Waals surface area contributed by atoms with E-state index in [4.69, 9.17) is 18.9 Å². The number of hydrogen-bond donors (Lipinski definition) is 0. The third-order valence-corrected chi connectivity index (χ3v) is 7.08. The molecule has 206 valence electrons. The van der Waals surface area contributed by atoms with Crippen molar-refractivity contribution in [2.24, 2.45) is 5.92 Å². The lowest BCUT2D eigenvalue weighted by Crippen LogP contribution is -2.40. The van der Waals surface area contributed by atoms with Crippen LogP contribution in [0.5, 0.6) is 0 Å². The van der Waals surface area contributed by atoms with Crippen molar-refractivity contribution in [2.75, 3.05) is 13.2 Å². The molecule has 0 spiro atoms. The molecule has 2 atom stereocenters. The van der Waals surface area contributed by atoms with Gasteiger partial charge in [-0.25, -0.2) is 4.79 Å². The van der Waals surface area contributed by atoms with Gasteiger partial charge in [0.05, 0.1) is 43.9 Å². The molecule has 1 saturated heterocycles. The molecule has 2 aliphatic rings. The van der Waals surface area contributed by atoms with Gasteiger partial charge in [0.15, 0.2) is 0 Å². The summed E-state index contributed by atoms with van der Waals surface area (Å²) in [5.41, 5.74) is 1.59. The highest BCUT2D eigenvalue weighted by molar-refractivity contribution is 5.73. The van der Waals surface area contributed by atoms with Crippen molar-refractivity contribution in [3.8, 4) is 0 Å². The maximum absolute atomic E-state index is 13.1. The predicted octanol–water partition coefficient (Wildman–Crippen LogP) is 5.90. The molecule has 7 nitrogen and oxygen atoms in total. The predicted molar refractivity (Wildman–Crippen MR) is 144 cm³/mol. The first kappa shape index (κ1) is 28.1. The van der Waals surface area contributed by atoms with Crippen LogP contribution >= 0.6 is 0 Å². The van der Waals surface area contributed by atoms with Crippen molar-refractivity contribution < 1.29 is 28.5 Å². The summed E-state index contributed by atoms with van der Waals surface area (Å²) >= 11 is 0. The lowest BCUT2D eigenvalue weighted by molar-refractivity contribution is -0.162. The van der Waals surface area contributed by atoms with Crippen molar-refractivity contribution in [1.82, 2.24) is 4.90 Å². The van der Waals surface area contributed by atoms with E-state index in [1.807, 2.05) is 81.4 Å². The minimum Gasteiger partial charge on any atom is -0.460 e. The van der Waals surface area contributed by atoms with E-state index in [1.165, 1.54) is 0 Å². The Balaban J connectivity index is 1.29. The molecule has 2 fully saturated rings. The topological polar surface area (TPSA) is 74.3 Å². The van der Waals surface area contributed by atoms with Crippen LogP contribution in [-0.2, 0) is 37.0 Å². The largest absolute Gasteiger partial charge is 0.460 e. The highest BCUT2D eigenvalue weighted by Crippen LogP contribution is 2.30. The second-order valence-corrected chi connectivity index (χ2v) is 11.3. The highest BCUT2D eigenvalue weighted by atomic mass is 16.6. The molecule has 0 N–H and O–H groups in total. The number of nitrogens with zero attached hydrogens (tertiary/aromatic N) is 1. The summed E-state index contributed by atoms with van der Waals surface area (Å²) in [7, 11) is 0. The van der Waals surface area contributed by atoms with E-state index >= 15 is 0 Å². The monoisotopic (exact) mass is 523 g/mol. The summed E-state index contributed by atoms with van der Waals surface area (Å²) < 4.78 is 23.7. The molecule has 7 heteroatoms. The number of ether oxygens (including phenoxy) is 4. The Hall–Kier alpha value is -2.90. The molecule has 0 aromatic heterocycles. The summed E-state index contributed by atoms with van der Waals surface area (Å²) in [6.45, 7) is 7.32. The van der Waals surface area contributed by atoms with Crippen LogP contribution in [0.1, 0.15) is 64.0 Å². The second-order valence-electron chi connectivity index (χ2n) is 11.3. The number of benzene rings is 2. The van der Waals surface area contributed by atoms with E-state index in [0.717, 1.165) is 36.8 Å². The molecule has 1 amide bonds. The van der Waals surface area contributed by atoms with Crippen LogP contribution in [0, 0.1) is 5.92 Å². The summed E-state index contributed by atoms with van der Waals surface area (Å²) in [6.07, 6.45) is 3.47. The van der Waals surface area contributed by atoms with Crippen molar-refractivity contribution in [2.45, 2.75) is 89.9 Å². The van der Waals surface area contributed by atoms with Gasteiger partial charge in [0, 0.05) is 0 Å². The third-order valence-electron chi connectivity index (χ3n) is 7.08. The van der Waals surface area contributed by atoms with Gasteiger partial charge in [0.1, 0.15) is 12.2 Å². The average molecular weight is 524 g/mol. The van der Waals surface area contributed by atoms with Gasteiger partial charge in [0.25, 0.3) is 0 Å². The van der Waals surface area contributed by atoms with Gasteiger partial charge in [0.2, 0.25) is 0 Å². The van der Waals surface area contributed by atoms with Gasteiger partial charge in [-0.1, -0.05) is 60.7 Å². The average Bonchev–Trinajstić information content (AvgIpc) is 3.33. The number of amides is 1. The first-order valence-electron chi connectivity index (χ1n) is 13.7. The molecule has 0 unspecified atom stereocenters. The first-order chi connectivity index (χ1) is 18.3. The van der Waals surface area contributed by atoms with Crippen molar-refractivity contribution in [3.63, 3.8) is 0 Å². The lowest BCUT2D eigenvalue weighted by Gasteiger charge is -2.31. The molecule has 4 rings (SSSR count). The van der Waals surface area contributed by atoms with Crippen LogP contribution in [0.3, 0.4) is 0 Å². The Morgan fingerprint density at radius 2 is 1.42 bits per heavy atom. The molecule has 1 saturated carbocycles. The molecular formula is C31H41NO6. The molecule has 1 aliphatic carbocycles. The van der Waals surface area contributed by atoms with Crippen LogP contribution in [0.2, 0.25) is 0 Å². The SMILES string of the molecule is CC(C)(C)OC(=O)C1CCC(OC[C@@H]2C[C@@H](OCc3ccccc3)CN2C(=O)OCc2ccccc2)CC1. The van der Waals surface area contributed by atoms with Crippen molar-refractivity contribution in [3.05, 3.63) is 71.8 Å². The zero-order valence-corrected chi connectivity index (χ0v) is 22.8. The Morgan fingerprint density at radius 1 is 0.816 bits per heavy atom. The number of hydrogen-bond acceptors (Lipinski definition) is 6. The number of carbonyl (C=O) groups excluding carboxylic acids is 2. The van der Waals surface area contributed by atoms with E-state index in [0.29, 0.717) is 26.2 Å². The summed E-state index contributed by atoms with van der Waals surface area (Å²) in [4.78, 5) is 27.3. The maximum Gasteiger partial charge on any atom is 0.410 e. The molecule has 0 radical (unpaired) electrons. The van der Waals surface area contributed by atoms with Gasteiger partial charge in [-0.2, -0.15) is 0 Å². The van der Waals surface area contributed by atoms with E-state index in [9.17, 15) is 9.59 Å². The third kappa shape index (κ3) is 8.57. The van der Waals surface area contributed by atoms with Crippen molar-refractivity contribution >= 4 is 12.1 Å². The van der Waals surface area contributed by atoms with E-state index in [2.05, 4.69) is 0 Å². The fraction of sp³-hybridized carbons (Fsp3) is 0.548. The molecule has 2 aromatic rings. The number of rotatable bonds is 9. The zero-order valence-electron chi connectivity index (χ0n) is 22.8. The minimum absolute atomic E-state index is 0.0687. The summed E-state index contributed by atoms with van der Waals surface area (Å²) in [5.74, 6) is -0.182. The van der Waals surface area contributed by atoms with E-state index < -0.39 is 5.60 Å². The van der Waals surface area contributed by atoms with Crippen LogP contribution in [0.25, 0.3) is 0 Å². The summed E-state index contributed by atoms with van der Waals surface area (Å²) in [6, 6.07) is 19.6. The lowest BCUT2D eigenvalue weighted by atomic mass is 9.87. The van der Waals surface area contributed by atoms with Crippen LogP contribution in [0.4, 0.5) is 4.79 Å². The van der Waals surface area contributed by atoms with Crippen molar-refractivity contribution in [1.29, 1.82) is 0 Å². The van der Waals surface area contributed by atoms with E-state index in [-0.39, 0.29) is 42.8 Å². The van der Waals surface area contributed by atoms with E-state index in [1.54, 1.807) is 4.90 Å². The molecule has 0 bridgehead atoms. The molecule has 1 heterocycles. The normalized spacial score (nSPS) is 23.7. The Kier molecular flexibility index (Phi) is 9.80. The van der Waals surface area contributed by atoms with Gasteiger partial charge in [-0.15, -0.1) is 0 Å². The number of carbonyl (C=O) groups is 2. The summed E-state index contributed by atoms with van der Waals surface area (Å²) in [5, 5.41) is 0. The van der Waals surface area contributed by atoms with Gasteiger partial charge >= 0.3 is 12.1 Å². The standard InChI is InChI=1S/C31H41NO6/c1-31(2,3)38-29(33)25-14-16-27(17-15-25)36-22-26-18-28(35-20-23-10-6-4-7-11-23)19-32(26)30(34)37-21-24-12-8-5-9-13-24/h4-13,25-28H,14-22H2,1-3H3/t25?,26-,27?,28+/m0/s1. The minimum atomic E-state index is -0.468. The quantitative estimate of drug-likeness (QED) is 0.381. The Labute approximate surface area is 226 Å².